The summed E-state index contributed by atoms with van der Waals surface area (Å²) < 4.78 is 0. The van der Waals surface area contributed by atoms with Gasteiger partial charge < -0.3 is 10.6 Å². The number of hydrogen-bond acceptors (Lipinski definition) is 3. The second-order valence-electron chi connectivity index (χ2n) is 4.74. The lowest BCUT2D eigenvalue weighted by atomic mass is 10.1. The van der Waals surface area contributed by atoms with E-state index in [2.05, 4.69) is 22.9 Å². The molecule has 1 rings (SSSR count). The first-order valence-electron chi connectivity index (χ1n) is 6.35. The fourth-order valence-electron chi connectivity index (χ4n) is 1.82. The first-order chi connectivity index (χ1) is 8.06. The van der Waals surface area contributed by atoms with Gasteiger partial charge in [-0.2, -0.15) is 0 Å². The van der Waals surface area contributed by atoms with Gasteiger partial charge in [0.05, 0.1) is 6.04 Å². The molecule has 5 nitrogen and oxygen atoms in total. The molecular formula is C12H23N3O2. The summed E-state index contributed by atoms with van der Waals surface area (Å²) in [5.41, 5.74) is 0. The number of carbonyl (C=O) groups excluding carboxylic acids is 2. The van der Waals surface area contributed by atoms with E-state index < -0.39 is 6.03 Å². The van der Waals surface area contributed by atoms with Crippen molar-refractivity contribution >= 4 is 11.9 Å². The van der Waals surface area contributed by atoms with E-state index in [0.29, 0.717) is 6.04 Å². The van der Waals surface area contributed by atoms with Gasteiger partial charge in [-0.05, 0) is 25.7 Å². The Hall–Kier alpha value is -1.10. The van der Waals surface area contributed by atoms with Crippen LogP contribution in [0, 0.1) is 5.92 Å². The van der Waals surface area contributed by atoms with Crippen molar-refractivity contribution in [2.45, 2.75) is 51.6 Å². The lowest BCUT2D eigenvalue weighted by Gasteiger charge is -2.21. The highest BCUT2D eigenvalue weighted by Gasteiger charge is 2.26. The van der Waals surface area contributed by atoms with Gasteiger partial charge in [-0.15, -0.1) is 0 Å². The molecule has 0 aromatic heterocycles. The van der Waals surface area contributed by atoms with Gasteiger partial charge >= 0.3 is 6.03 Å². The number of urea groups is 1. The summed E-state index contributed by atoms with van der Waals surface area (Å²) in [5, 5.41) is 7.91. The van der Waals surface area contributed by atoms with Crippen LogP contribution in [0.4, 0.5) is 4.79 Å². The van der Waals surface area contributed by atoms with E-state index in [1.54, 1.807) is 6.92 Å². The minimum absolute atomic E-state index is 0.279. The van der Waals surface area contributed by atoms with E-state index in [-0.39, 0.29) is 11.9 Å². The van der Waals surface area contributed by atoms with Crippen LogP contribution in [0.15, 0.2) is 0 Å². The monoisotopic (exact) mass is 241 g/mol. The molecule has 0 aliphatic heterocycles. The molecule has 0 bridgehead atoms. The Morgan fingerprint density at radius 3 is 2.47 bits per heavy atom. The molecule has 2 unspecified atom stereocenters. The molecule has 1 saturated carbocycles. The standard InChI is InChI=1S/C12H23N3O2/c1-4-10(7-9-5-6-9)14-8(2)11(16)15-12(17)13-3/h8-10,14H,4-7H2,1-3H3,(H2,13,15,16,17). The van der Waals surface area contributed by atoms with Crippen LogP contribution in [0.1, 0.15) is 39.5 Å². The second kappa shape index (κ2) is 6.59. The molecule has 0 saturated heterocycles. The van der Waals surface area contributed by atoms with Crippen LogP contribution in [0.2, 0.25) is 0 Å². The highest BCUT2D eigenvalue weighted by molar-refractivity contribution is 5.96. The SMILES string of the molecule is CCC(CC1CC1)NC(C)C(=O)NC(=O)NC. The Morgan fingerprint density at radius 1 is 1.35 bits per heavy atom. The number of amides is 3. The van der Waals surface area contributed by atoms with Crippen molar-refractivity contribution in [3.8, 4) is 0 Å². The highest BCUT2D eigenvalue weighted by atomic mass is 16.2. The van der Waals surface area contributed by atoms with Crippen molar-refractivity contribution < 1.29 is 9.59 Å². The van der Waals surface area contributed by atoms with Crippen LogP contribution in [0.3, 0.4) is 0 Å². The fourth-order valence-corrected chi connectivity index (χ4v) is 1.82. The molecule has 2 atom stereocenters. The van der Waals surface area contributed by atoms with E-state index in [1.165, 1.54) is 19.9 Å². The zero-order chi connectivity index (χ0) is 12.8. The molecule has 1 aliphatic carbocycles. The molecule has 0 aromatic rings. The van der Waals surface area contributed by atoms with E-state index >= 15 is 0 Å². The summed E-state index contributed by atoms with van der Waals surface area (Å²) in [4.78, 5) is 22.6. The minimum Gasteiger partial charge on any atom is -0.341 e. The van der Waals surface area contributed by atoms with Crippen LogP contribution in [-0.4, -0.2) is 31.1 Å². The highest BCUT2D eigenvalue weighted by Crippen LogP contribution is 2.34. The third kappa shape index (κ3) is 5.17. The van der Waals surface area contributed by atoms with Crippen molar-refractivity contribution in [2.24, 2.45) is 5.92 Å². The molecule has 0 radical (unpaired) electrons. The second-order valence-corrected chi connectivity index (χ2v) is 4.74. The molecule has 17 heavy (non-hydrogen) atoms. The number of rotatable bonds is 6. The minimum atomic E-state index is -0.459. The normalized spacial score (nSPS) is 18.3. The molecule has 1 aliphatic rings. The maximum Gasteiger partial charge on any atom is 0.321 e. The van der Waals surface area contributed by atoms with Crippen LogP contribution >= 0.6 is 0 Å². The van der Waals surface area contributed by atoms with Crippen LogP contribution in [0.25, 0.3) is 0 Å². The van der Waals surface area contributed by atoms with Crippen LogP contribution < -0.4 is 16.0 Å². The Morgan fingerprint density at radius 2 is 2.00 bits per heavy atom. The van der Waals surface area contributed by atoms with Crippen molar-refractivity contribution in [2.75, 3.05) is 7.05 Å². The number of imide groups is 1. The topological polar surface area (TPSA) is 70.2 Å². The van der Waals surface area contributed by atoms with Gasteiger partial charge in [0.2, 0.25) is 5.91 Å². The van der Waals surface area contributed by atoms with Gasteiger partial charge in [-0.1, -0.05) is 19.8 Å². The Kier molecular flexibility index (Phi) is 5.41. The van der Waals surface area contributed by atoms with Crippen molar-refractivity contribution in [1.29, 1.82) is 0 Å². The maximum absolute atomic E-state index is 11.6. The molecule has 98 valence electrons. The molecule has 3 amide bonds. The molecule has 3 N–H and O–H groups in total. The summed E-state index contributed by atoms with van der Waals surface area (Å²) in [7, 11) is 1.49. The quantitative estimate of drug-likeness (QED) is 0.649. The summed E-state index contributed by atoms with van der Waals surface area (Å²) in [6.45, 7) is 3.90. The predicted molar refractivity (Wildman–Crippen MR) is 66.6 cm³/mol. The van der Waals surface area contributed by atoms with E-state index in [1.807, 2.05) is 0 Å². The fraction of sp³-hybridized carbons (Fsp3) is 0.833. The van der Waals surface area contributed by atoms with E-state index in [0.717, 1.165) is 18.8 Å². The van der Waals surface area contributed by atoms with Gasteiger partial charge in [0, 0.05) is 13.1 Å². The molecule has 0 heterocycles. The Bertz CT molecular complexity index is 277. The Balaban J connectivity index is 2.31. The summed E-state index contributed by atoms with van der Waals surface area (Å²) in [6.07, 6.45) is 4.77. The van der Waals surface area contributed by atoms with Crippen LogP contribution in [-0.2, 0) is 4.79 Å². The van der Waals surface area contributed by atoms with Gasteiger partial charge in [0.15, 0.2) is 0 Å². The average Bonchev–Trinajstić information content (AvgIpc) is 3.11. The Labute approximate surface area is 103 Å². The third-order valence-corrected chi connectivity index (χ3v) is 3.15. The zero-order valence-corrected chi connectivity index (χ0v) is 10.9. The van der Waals surface area contributed by atoms with E-state index in [4.69, 9.17) is 0 Å². The lowest BCUT2D eigenvalue weighted by molar-refractivity contribution is -0.121. The first kappa shape index (κ1) is 14.0. The van der Waals surface area contributed by atoms with Gasteiger partial charge in [-0.25, -0.2) is 4.79 Å². The van der Waals surface area contributed by atoms with Gasteiger partial charge in [-0.3, -0.25) is 10.1 Å². The molecule has 1 fully saturated rings. The average molecular weight is 241 g/mol. The van der Waals surface area contributed by atoms with E-state index in [9.17, 15) is 9.59 Å². The van der Waals surface area contributed by atoms with Gasteiger partial charge in [0.1, 0.15) is 0 Å². The smallest absolute Gasteiger partial charge is 0.321 e. The van der Waals surface area contributed by atoms with Crippen LogP contribution in [0.5, 0.6) is 0 Å². The molecular weight excluding hydrogens is 218 g/mol. The van der Waals surface area contributed by atoms with Gasteiger partial charge in [0.25, 0.3) is 0 Å². The van der Waals surface area contributed by atoms with Crippen molar-refractivity contribution in [1.82, 2.24) is 16.0 Å². The zero-order valence-electron chi connectivity index (χ0n) is 10.9. The predicted octanol–water partition coefficient (Wildman–Crippen LogP) is 0.999. The third-order valence-electron chi connectivity index (χ3n) is 3.15. The summed E-state index contributed by atoms with van der Waals surface area (Å²) >= 11 is 0. The van der Waals surface area contributed by atoms with Crippen molar-refractivity contribution in [3.63, 3.8) is 0 Å². The molecule has 5 heteroatoms. The maximum atomic E-state index is 11.6. The first-order valence-corrected chi connectivity index (χ1v) is 6.35. The summed E-state index contributed by atoms with van der Waals surface area (Å²) in [5.74, 6) is 0.556. The summed E-state index contributed by atoms with van der Waals surface area (Å²) in [6, 6.07) is -0.428. The number of hydrogen-bond donors (Lipinski definition) is 3. The molecule has 0 aromatic carbocycles. The molecule has 0 spiro atoms. The number of carbonyl (C=O) groups is 2. The largest absolute Gasteiger partial charge is 0.341 e. The lowest BCUT2D eigenvalue weighted by Crippen LogP contribution is -2.50. The number of nitrogens with one attached hydrogen (secondary N) is 3. The van der Waals surface area contributed by atoms with Crippen molar-refractivity contribution in [3.05, 3.63) is 0 Å².